The Kier molecular flexibility index (Phi) is 15.8. The average Bonchev–Trinajstić information content (AvgIpc) is 2.54. The quantitative estimate of drug-likeness (QED) is 0.255. The van der Waals surface area contributed by atoms with E-state index in [-0.39, 0.29) is 6.29 Å². The summed E-state index contributed by atoms with van der Waals surface area (Å²) in [6.45, 7) is 13.8. The van der Waals surface area contributed by atoms with Crippen molar-refractivity contribution in [2.24, 2.45) is 0 Å². The zero-order valence-corrected chi connectivity index (χ0v) is 20.1. The van der Waals surface area contributed by atoms with E-state index in [0.717, 1.165) is 39.0 Å². The van der Waals surface area contributed by atoms with Crippen molar-refractivity contribution in [3.63, 3.8) is 0 Å². The fraction of sp³-hybridized carbons (Fsp3) is 1.00. The zero-order valence-electron chi connectivity index (χ0n) is 19.1. The maximum atomic E-state index is 6.25. The third kappa shape index (κ3) is 13.7. The van der Waals surface area contributed by atoms with Crippen LogP contribution in [0.15, 0.2) is 0 Å². The molecular weight excluding hydrogens is 362 g/mol. The fourth-order valence-corrected chi connectivity index (χ4v) is 5.76. The van der Waals surface area contributed by atoms with Gasteiger partial charge < -0.3 is 27.8 Å². The Bertz CT molecular complexity index is 329. The number of rotatable bonds is 18. The lowest BCUT2D eigenvalue weighted by Gasteiger charge is -2.35. The van der Waals surface area contributed by atoms with Gasteiger partial charge in [-0.15, -0.1) is 0 Å². The number of hydrogen-bond acceptors (Lipinski definition) is 7. The van der Waals surface area contributed by atoms with E-state index in [2.05, 4.69) is 42.9 Å². The second-order valence-corrected chi connectivity index (χ2v) is 9.77. The minimum Gasteiger partial charge on any atom is -0.373 e. The molecule has 0 N–H and O–H groups in total. The second-order valence-electron chi connectivity index (χ2n) is 7.28. The molecule has 0 amide bonds. The van der Waals surface area contributed by atoms with E-state index >= 15 is 0 Å². The molecule has 0 aromatic rings. The van der Waals surface area contributed by atoms with Crippen molar-refractivity contribution in [3.05, 3.63) is 0 Å². The summed E-state index contributed by atoms with van der Waals surface area (Å²) in [6.07, 6.45) is 2.59. The van der Waals surface area contributed by atoms with Gasteiger partial charge in [0.1, 0.15) is 6.29 Å². The molecule has 0 heterocycles. The van der Waals surface area contributed by atoms with Crippen LogP contribution < -0.4 is 0 Å². The number of ether oxygens (including phenoxy) is 1. The lowest BCUT2D eigenvalue weighted by Crippen LogP contribution is -2.57. The van der Waals surface area contributed by atoms with E-state index in [1.165, 1.54) is 0 Å². The van der Waals surface area contributed by atoms with Crippen LogP contribution in [-0.2, 0) is 18.0 Å². The molecule has 164 valence electrons. The standard InChI is InChI=1S/C19H45N3O4Si/c1-9-23-19(4)26-27(24-10-2,25-11-3)18-22(16-12-14-20(5)6)17-13-15-21(7)8/h19H,9-18H2,1-8H3. The fourth-order valence-electron chi connectivity index (χ4n) is 2.96. The molecule has 0 aliphatic heterocycles. The van der Waals surface area contributed by atoms with E-state index in [1.54, 1.807) is 0 Å². The third-order valence-corrected chi connectivity index (χ3v) is 7.03. The van der Waals surface area contributed by atoms with Crippen LogP contribution >= 0.6 is 0 Å². The molecule has 0 saturated carbocycles. The first-order valence-electron chi connectivity index (χ1n) is 10.4. The van der Waals surface area contributed by atoms with Crippen LogP contribution in [0.4, 0.5) is 0 Å². The van der Waals surface area contributed by atoms with Crippen LogP contribution in [0.5, 0.6) is 0 Å². The minimum absolute atomic E-state index is 0.329. The van der Waals surface area contributed by atoms with Crippen LogP contribution in [0, 0.1) is 0 Å². The summed E-state index contributed by atoms with van der Waals surface area (Å²) in [4.78, 5) is 6.89. The Morgan fingerprint density at radius 1 is 0.741 bits per heavy atom. The predicted octanol–water partition coefficient (Wildman–Crippen LogP) is 2.14. The summed E-state index contributed by atoms with van der Waals surface area (Å²) in [5.74, 6) is 0. The molecular formula is C19H45N3O4Si. The molecule has 8 heteroatoms. The van der Waals surface area contributed by atoms with Crippen molar-refractivity contribution in [1.82, 2.24) is 14.7 Å². The lowest BCUT2D eigenvalue weighted by atomic mass is 10.3. The summed E-state index contributed by atoms with van der Waals surface area (Å²) in [7, 11) is 5.62. The highest BCUT2D eigenvalue weighted by Gasteiger charge is 2.44. The Morgan fingerprint density at radius 3 is 1.59 bits per heavy atom. The summed E-state index contributed by atoms with van der Waals surface area (Å²) in [5, 5.41) is 0. The molecule has 7 nitrogen and oxygen atoms in total. The van der Waals surface area contributed by atoms with E-state index < -0.39 is 8.80 Å². The highest BCUT2D eigenvalue weighted by molar-refractivity contribution is 6.61. The van der Waals surface area contributed by atoms with Gasteiger partial charge in [-0.1, -0.05) is 0 Å². The molecule has 0 aromatic heterocycles. The molecule has 0 aliphatic rings. The van der Waals surface area contributed by atoms with Crippen molar-refractivity contribution < 1.29 is 18.0 Å². The van der Waals surface area contributed by atoms with E-state index in [1.807, 2.05) is 27.7 Å². The van der Waals surface area contributed by atoms with Crippen LogP contribution in [0.1, 0.15) is 40.5 Å². The van der Waals surface area contributed by atoms with Crippen LogP contribution in [0.25, 0.3) is 0 Å². The van der Waals surface area contributed by atoms with Crippen molar-refractivity contribution in [1.29, 1.82) is 0 Å². The Morgan fingerprint density at radius 2 is 1.22 bits per heavy atom. The molecule has 1 unspecified atom stereocenters. The monoisotopic (exact) mass is 407 g/mol. The first-order valence-corrected chi connectivity index (χ1v) is 12.3. The predicted molar refractivity (Wildman–Crippen MR) is 114 cm³/mol. The van der Waals surface area contributed by atoms with Crippen LogP contribution in [0.3, 0.4) is 0 Å². The molecule has 0 aliphatic carbocycles. The molecule has 27 heavy (non-hydrogen) atoms. The van der Waals surface area contributed by atoms with E-state index in [0.29, 0.717) is 26.0 Å². The summed E-state index contributed by atoms with van der Waals surface area (Å²) in [5.41, 5.74) is 0. The Labute approximate surface area is 169 Å². The van der Waals surface area contributed by atoms with Gasteiger partial charge in [-0.25, -0.2) is 0 Å². The topological polar surface area (TPSA) is 46.6 Å². The molecule has 0 fully saturated rings. The van der Waals surface area contributed by atoms with Gasteiger partial charge in [0.2, 0.25) is 0 Å². The van der Waals surface area contributed by atoms with Gasteiger partial charge in [0.05, 0.1) is 6.17 Å². The zero-order chi connectivity index (χ0) is 20.7. The normalized spacial score (nSPS) is 13.9. The average molecular weight is 408 g/mol. The largest absolute Gasteiger partial charge is 0.517 e. The third-order valence-electron chi connectivity index (χ3n) is 4.05. The summed E-state index contributed by atoms with van der Waals surface area (Å²) < 4.78 is 24.1. The molecule has 0 radical (unpaired) electrons. The van der Waals surface area contributed by atoms with Crippen LogP contribution in [0.2, 0.25) is 0 Å². The summed E-state index contributed by atoms with van der Waals surface area (Å²) in [6, 6.07) is 0. The number of nitrogens with zero attached hydrogens (tertiary/aromatic N) is 3. The highest BCUT2D eigenvalue weighted by Crippen LogP contribution is 2.16. The molecule has 0 rings (SSSR count). The van der Waals surface area contributed by atoms with Gasteiger partial charge in [0.25, 0.3) is 0 Å². The van der Waals surface area contributed by atoms with Gasteiger partial charge in [-0.2, -0.15) is 0 Å². The van der Waals surface area contributed by atoms with Gasteiger partial charge >= 0.3 is 8.80 Å². The molecule has 0 bridgehead atoms. The van der Waals surface area contributed by atoms with Gasteiger partial charge in [-0.05, 0) is 94.9 Å². The van der Waals surface area contributed by atoms with Crippen molar-refractivity contribution in [2.45, 2.75) is 46.8 Å². The Hall–Kier alpha value is -0.0631. The van der Waals surface area contributed by atoms with Crippen molar-refractivity contribution in [2.75, 3.05) is 80.4 Å². The lowest BCUT2D eigenvalue weighted by molar-refractivity contribution is -0.107. The maximum Gasteiger partial charge on any atom is 0.517 e. The van der Waals surface area contributed by atoms with E-state index in [4.69, 9.17) is 18.0 Å². The molecule has 0 spiro atoms. The highest BCUT2D eigenvalue weighted by atomic mass is 28.4. The van der Waals surface area contributed by atoms with Gasteiger partial charge in [0.15, 0.2) is 0 Å². The van der Waals surface area contributed by atoms with Crippen molar-refractivity contribution >= 4 is 8.80 Å². The summed E-state index contributed by atoms with van der Waals surface area (Å²) >= 11 is 0. The second kappa shape index (κ2) is 15.8. The van der Waals surface area contributed by atoms with Crippen LogP contribution in [-0.4, -0.2) is 110 Å². The van der Waals surface area contributed by atoms with Gasteiger partial charge in [-0.3, -0.25) is 4.90 Å². The van der Waals surface area contributed by atoms with Gasteiger partial charge in [0, 0.05) is 19.8 Å². The first-order chi connectivity index (χ1) is 12.8. The molecule has 1 atom stereocenters. The SMILES string of the molecule is CCOC(C)O[Si](CN(CCCN(C)C)CCCN(C)C)(OCC)OCC. The minimum atomic E-state index is -2.84. The first kappa shape index (κ1) is 26.9. The van der Waals surface area contributed by atoms with E-state index in [9.17, 15) is 0 Å². The van der Waals surface area contributed by atoms with Crippen molar-refractivity contribution in [3.8, 4) is 0 Å². The maximum absolute atomic E-state index is 6.25. The molecule has 0 aromatic carbocycles. The smallest absolute Gasteiger partial charge is 0.373 e. The molecule has 0 saturated heterocycles. The number of hydrogen-bond donors (Lipinski definition) is 0. The Balaban J connectivity index is 5.12.